The Kier molecular flexibility index (Phi) is 11.7. The number of amides is 2. The maximum atomic E-state index is 12.7. The quantitative estimate of drug-likeness (QED) is 0.177. The second-order valence-corrected chi connectivity index (χ2v) is 10.4. The second kappa shape index (κ2) is 15.0. The highest BCUT2D eigenvalue weighted by Crippen LogP contribution is 2.24. The summed E-state index contributed by atoms with van der Waals surface area (Å²) in [6.45, 7) is 6.84. The number of aromatic nitrogens is 3. The molecular weight excluding hydrogens is 496 g/mol. The van der Waals surface area contributed by atoms with Gasteiger partial charge >= 0.3 is 0 Å². The fourth-order valence-corrected chi connectivity index (χ4v) is 5.14. The zero-order valence-electron chi connectivity index (χ0n) is 21.3. The first-order chi connectivity index (χ1) is 17.5. The number of halogens is 1. The number of carbonyl (C=O) groups is 2. The van der Waals surface area contributed by atoms with Crippen LogP contribution in [0.1, 0.15) is 58.1 Å². The zero-order valence-corrected chi connectivity index (χ0v) is 22.9. The summed E-state index contributed by atoms with van der Waals surface area (Å²) in [5.74, 6) is 1.09. The number of piperazine rings is 1. The molecule has 8 nitrogen and oxygen atoms in total. The van der Waals surface area contributed by atoms with Gasteiger partial charge in [-0.2, -0.15) is 0 Å². The van der Waals surface area contributed by atoms with Crippen molar-refractivity contribution in [1.29, 1.82) is 0 Å². The maximum Gasteiger partial charge on any atom is 0.230 e. The lowest BCUT2D eigenvalue weighted by Crippen LogP contribution is -2.54. The van der Waals surface area contributed by atoms with E-state index in [0.29, 0.717) is 49.3 Å². The van der Waals surface area contributed by atoms with Gasteiger partial charge in [-0.15, -0.1) is 0 Å². The minimum absolute atomic E-state index is 0.0866. The number of thioether (sulfide) groups is 1. The molecule has 196 valence electrons. The number of hydrogen-bond acceptors (Lipinski definition) is 7. The molecule has 2 aromatic heterocycles. The topological polar surface area (TPSA) is 91.3 Å². The molecule has 0 spiro atoms. The van der Waals surface area contributed by atoms with Gasteiger partial charge < -0.3 is 15.1 Å². The highest BCUT2D eigenvalue weighted by Gasteiger charge is 2.28. The van der Waals surface area contributed by atoms with Crippen molar-refractivity contribution < 1.29 is 9.59 Å². The van der Waals surface area contributed by atoms with Crippen molar-refractivity contribution in [1.82, 2.24) is 25.2 Å². The van der Waals surface area contributed by atoms with Crippen LogP contribution in [0.15, 0.2) is 35.6 Å². The number of pyridine rings is 1. The summed E-state index contributed by atoms with van der Waals surface area (Å²) >= 11 is 7.54. The summed E-state index contributed by atoms with van der Waals surface area (Å²) in [5.41, 5.74) is 0.941. The van der Waals surface area contributed by atoms with Crippen LogP contribution >= 0.6 is 23.4 Å². The fourth-order valence-electron chi connectivity index (χ4n) is 4.23. The average Bonchev–Trinajstić information content (AvgIpc) is 2.87. The molecule has 0 saturated carbocycles. The number of unbranched alkanes of at least 4 members (excludes halogenated alkanes) is 4. The molecule has 1 N–H and O–H groups in total. The van der Waals surface area contributed by atoms with Crippen LogP contribution in [0.25, 0.3) is 0 Å². The Hall–Kier alpha value is -2.39. The van der Waals surface area contributed by atoms with Crippen molar-refractivity contribution in [2.24, 2.45) is 0 Å². The first-order valence-electron chi connectivity index (χ1n) is 12.8. The Bertz CT molecular complexity index is 980. The van der Waals surface area contributed by atoms with Crippen LogP contribution in [-0.4, -0.2) is 69.6 Å². The second-order valence-electron chi connectivity index (χ2n) is 9.09. The Morgan fingerprint density at radius 2 is 2.00 bits per heavy atom. The lowest BCUT2D eigenvalue weighted by Gasteiger charge is -2.40. The molecule has 1 unspecified atom stereocenters. The van der Waals surface area contributed by atoms with E-state index in [1.165, 1.54) is 31.0 Å². The van der Waals surface area contributed by atoms with Gasteiger partial charge in [0.05, 0.1) is 5.75 Å². The highest BCUT2D eigenvalue weighted by molar-refractivity contribution is 7.99. The highest BCUT2D eigenvalue weighted by atomic mass is 35.5. The largest absolute Gasteiger partial charge is 0.355 e. The Labute approximate surface area is 223 Å². The van der Waals surface area contributed by atoms with Gasteiger partial charge in [0.15, 0.2) is 5.16 Å². The first kappa shape index (κ1) is 28.2. The van der Waals surface area contributed by atoms with E-state index >= 15 is 0 Å². The number of anilines is 1. The van der Waals surface area contributed by atoms with E-state index in [4.69, 9.17) is 11.6 Å². The molecule has 0 bridgehead atoms. The van der Waals surface area contributed by atoms with E-state index in [1.807, 2.05) is 23.1 Å². The molecule has 1 aliphatic rings. The normalized spacial score (nSPS) is 15.7. The summed E-state index contributed by atoms with van der Waals surface area (Å²) in [7, 11) is 0. The summed E-state index contributed by atoms with van der Waals surface area (Å²) in [4.78, 5) is 42.3. The lowest BCUT2D eigenvalue weighted by molar-refractivity contribution is -0.133. The van der Waals surface area contributed by atoms with Crippen molar-refractivity contribution in [3.05, 3.63) is 41.3 Å². The van der Waals surface area contributed by atoms with E-state index in [2.05, 4.69) is 39.0 Å². The van der Waals surface area contributed by atoms with E-state index in [9.17, 15) is 9.59 Å². The van der Waals surface area contributed by atoms with Gasteiger partial charge in [0.1, 0.15) is 11.0 Å². The van der Waals surface area contributed by atoms with E-state index in [-0.39, 0.29) is 23.6 Å². The van der Waals surface area contributed by atoms with Crippen molar-refractivity contribution in [3.8, 4) is 0 Å². The van der Waals surface area contributed by atoms with Gasteiger partial charge in [-0.3, -0.25) is 14.6 Å². The molecule has 2 amide bonds. The molecule has 3 heterocycles. The zero-order chi connectivity index (χ0) is 25.8. The van der Waals surface area contributed by atoms with Crippen LogP contribution in [0.4, 0.5) is 5.82 Å². The molecule has 1 fully saturated rings. The number of nitrogens with one attached hydrogen (secondary N) is 1. The standard InChI is InChI=1S/C26H37ClN6O2S/c1-3-4-5-6-7-11-25(35)33-16-15-32(18-20(33)2)23-17-22(27)30-26(31-23)36-19-24(34)29-14-12-21-10-8-9-13-28-21/h8-10,13,17,20H,3-7,11-12,14-16,18-19H2,1-2H3,(H,29,34). The monoisotopic (exact) mass is 532 g/mol. The molecule has 1 aliphatic heterocycles. The third kappa shape index (κ3) is 9.24. The number of rotatable bonds is 13. The van der Waals surface area contributed by atoms with Crippen LogP contribution in [-0.2, 0) is 16.0 Å². The van der Waals surface area contributed by atoms with Crippen LogP contribution in [0.3, 0.4) is 0 Å². The van der Waals surface area contributed by atoms with Crippen LogP contribution in [0.5, 0.6) is 0 Å². The minimum Gasteiger partial charge on any atom is -0.355 e. The van der Waals surface area contributed by atoms with Gasteiger partial charge in [-0.05, 0) is 25.5 Å². The molecule has 10 heteroatoms. The summed E-state index contributed by atoms with van der Waals surface area (Å²) in [6.07, 6.45) is 8.78. The van der Waals surface area contributed by atoms with Crippen molar-refractivity contribution >= 4 is 41.0 Å². The predicted octanol–water partition coefficient (Wildman–Crippen LogP) is 4.37. The Morgan fingerprint density at radius 3 is 2.75 bits per heavy atom. The molecule has 0 aromatic carbocycles. The van der Waals surface area contributed by atoms with Gasteiger partial charge in [0.25, 0.3) is 0 Å². The van der Waals surface area contributed by atoms with Crippen molar-refractivity contribution in [2.75, 3.05) is 36.8 Å². The Morgan fingerprint density at radius 1 is 1.17 bits per heavy atom. The van der Waals surface area contributed by atoms with Crippen molar-refractivity contribution in [3.63, 3.8) is 0 Å². The molecular formula is C26H37ClN6O2S. The van der Waals surface area contributed by atoms with Gasteiger partial charge in [-0.25, -0.2) is 9.97 Å². The van der Waals surface area contributed by atoms with Gasteiger partial charge in [0.2, 0.25) is 11.8 Å². The van der Waals surface area contributed by atoms with Gasteiger partial charge in [0, 0.05) is 63.0 Å². The minimum atomic E-state index is -0.0866. The number of hydrogen-bond donors (Lipinski definition) is 1. The summed E-state index contributed by atoms with van der Waals surface area (Å²) < 4.78 is 0. The third-order valence-electron chi connectivity index (χ3n) is 6.19. The van der Waals surface area contributed by atoms with Crippen molar-refractivity contribution in [2.45, 2.75) is 70.0 Å². The summed E-state index contributed by atoms with van der Waals surface area (Å²) in [6, 6.07) is 7.58. The lowest BCUT2D eigenvalue weighted by atomic mass is 10.1. The van der Waals surface area contributed by atoms with E-state index in [0.717, 1.165) is 24.4 Å². The first-order valence-corrected chi connectivity index (χ1v) is 14.2. The summed E-state index contributed by atoms with van der Waals surface area (Å²) in [5, 5.41) is 3.72. The molecule has 1 saturated heterocycles. The number of carbonyl (C=O) groups excluding carboxylic acids is 2. The SMILES string of the molecule is CCCCCCCC(=O)N1CCN(c2cc(Cl)nc(SCC(=O)NCCc3ccccn3)n2)CC1C. The fraction of sp³-hybridized carbons (Fsp3) is 0.577. The smallest absolute Gasteiger partial charge is 0.230 e. The van der Waals surface area contributed by atoms with Gasteiger partial charge in [-0.1, -0.05) is 62.0 Å². The molecule has 36 heavy (non-hydrogen) atoms. The third-order valence-corrected chi connectivity index (χ3v) is 7.23. The average molecular weight is 533 g/mol. The van der Waals surface area contributed by atoms with Crippen LogP contribution < -0.4 is 10.2 Å². The molecule has 3 rings (SSSR count). The van der Waals surface area contributed by atoms with Crippen LogP contribution in [0, 0.1) is 0 Å². The maximum absolute atomic E-state index is 12.7. The van der Waals surface area contributed by atoms with E-state index in [1.54, 1.807) is 12.3 Å². The van der Waals surface area contributed by atoms with Crippen LogP contribution in [0.2, 0.25) is 5.15 Å². The molecule has 2 aromatic rings. The number of nitrogens with zero attached hydrogens (tertiary/aromatic N) is 5. The molecule has 1 atom stereocenters. The van der Waals surface area contributed by atoms with E-state index < -0.39 is 0 Å². The Balaban J connectivity index is 1.45. The molecule has 0 aliphatic carbocycles. The molecule has 0 radical (unpaired) electrons. The predicted molar refractivity (Wildman–Crippen MR) is 145 cm³/mol.